The SMILES string of the molecule is CCc1cccc(NC(=O)Cn2cc(S(=O)(=O)N(CC)CC)ccc2=O)c1. The van der Waals surface area contributed by atoms with Gasteiger partial charge in [-0.3, -0.25) is 9.59 Å². The molecule has 0 saturated heterocycles. The number of carbonyl (C=O) groups is 1. The van der Waals surface area contributed by atoms with Crippen molar-refractivity contribution in [3.05, 3.63) is 58.5 Å². The molecule has 0 spiro atoms. The Kier molecular flexibility index (Phi) is 6.92. The fourth-order valence-corrected chi connectivity index (χ4v) is 4.20. The number of benzene rings is 1. The van der Waals surface area contributed by atoms with Crippen LogP contribution in [0.15, 0.2) is 52.3 Å². The molecule has 0 atom stereocenters. The third-order valence-corrected chi connectivity index (χ3v) is 6.27. The van der Waals surface area contributed by atoms with Crippen LogP contribution >= 0.6 is 0 Å². The Morgan fingerprint density at radius 3 is 2.44 bits per heavy atom. The predicted octanol–water partition coefficient (Wildman–Crippen LogP) is 2.08. The summed E-state index contributed by atoms with van der Waals surface area (Å²) < 4.78 is 27.6. The van der Waals surface area contributed by atoms with E-state index < -0.39 is 21.5 Å². The number of anilines is 1. The van der Waals surface area contributed by atoms with Gasteiger partial charge in [-0.05, 0) is 30.2 Å². The lowest BCUT2D eigenvalue weighted by Crippen LogP contribution is -2.33. The molecular formula is C19H25N3O4S. The molecule has 2 aromatic rings. The van der Waals surface area contributed by atoms with Crippen LogP contribution in [0.2, 0.25) is 0 Å². The number of hydrogen-bond acceptors (Lipinski definition) is 4. The van der Waals surface area contributed by atoms with Gasteiger partial charge in [-0.25, -0.2) is 8.42 Å². The lowest BCUT2D eigenvalue weighted by molar-refractivity contribution is -0.116. The Morgan fingerprint density at radius 2 is 1.81 bits per heavy atom. The monoisotopic (exact) mass is 391 g/mol. The van der Waals surface area contributed by atoms with Crippen LogP contribution < -0.4 is 10.9 Å². The smallest absolute Gasteiger partial charge is 0.251 e. The Morgan fingerprint density at radius 1 is 1.11 bits per heavy atom. The molecule has 1 aromatic heterocycles. The molecule has 0 radical (unpaired) electrons. The highest BCUT2D eigenvalue weighted by Gasteiger charge is 2.22. The summed E-state index contributed by atoms with van der Waals surface area (Å²) in [7, 11) is -3.70. The number of nitrogens with zero attached hydrogens (tertiary/aromatic N) is 2. The number of carbonyl (C=O) groups excluding carboxylic acids is 1. The van der Waals surface area contributed by atoms with Crippen LogP contribution in [-0.2, 0) is 27.8 Å². The van der Waals surface area contributed by atoms with E-state index in [0.29, 0.717) is 18.8 Å². The van der Waals surface area contributed by atoms with Gasteiger partial charge in [-0.15, -0.1) is 0 Å². The molecule has 0 unspecified atom stereocenters. The van der Waals surface area contributed by atoms with E-state index in [9.17, 15) is 18.0 Å². The van der Waals surface area contributed by atoms with Gasteiger partial charge in [0.25, 0.3) is 5.56 Å². The normalized spacial score (nSPS) is 11.6. The predicted molar refractivity (Wildman–Crippen MR) is 105 cm³/mol. The molecule has 0 fully saturated rings. The van der Waals surface area contributed by atoms with Crippen molar-refractivity contribution in [3.8, 4) is 0 Å². The molecule has 8 heteroatoms. The molecule has 2 rings (SSSR count). The highest BCUT2D eigenvalue weighted by atomic mass is 32.2. The summed E-state index contributed by atoms with van der Waals surface area (Å²) in [5.74, 6) is -0.400. The second-order valence-electron chi connectivity index (χ2n) is 6.02. The third-order valence-electron chi connectivity index (χ3n) is 4.23. The molecule has 0 bridgehead atoms. The molecule has 0 aliphatic heterocycles. The lowest BCUT2D eigenvalue weighted by atomic mass is 10.1. The van der Waals surface area contributed by atoms with Crippen LogP contribution in [0.5, 0.6) is 0 Å². The number of pyridine rings is 1. The maximum Gasteiger partial charge on any atom is 0.251 e. The maximum atomic E-state index is 12.6. The first kappa shape index (κ1) is 20.9. The molecular weight excluding hydrogens is 366 g/mol. The number of rotatable bonds is 8. The van der Waals surface area contributed by atoms with Crippen molar-refractivity contribution >= 4 is 21.6 Å². The van der Waals surface area contributed by atoms with Gasteiger partial charge in [0, 0.05) is 31.0 Å². The Hall–Kier alpha value is -2.45. The van der Waals surface area contributed by atoms with Gasteiger partial charge in [-0.2, -0.15) is 4.31 Å². The minimum Gasteiger partial charge on any atom is -0.325 e. The maximum absolute atomic E-state index is 12.6. The fraction of sp³-hybridized carbons (Fsp3) is 0.368. The Balaban J connectivity index is 2.23. The van der Waals surface area contributed by atoms with E-state index in [4.69, 9.17) is 0 Å². The Bertz CT molecular complexity index is 963. The molecule has 1 aromatic carbocycles. The summed E-state index contributed by atoms with van der Waals surface area (Å²) in [5, 5.41) is 2.74. The summed E-state index contributed by atoms with van der Waals surface area (Å²) in [6.45, 7) is 5.89. The molecule has 0 saturated carbocycles. The molecule has 27 heavy (non-hydrogen) atoms. The number of nitrogens with one attached hydrogen (secondary N) is 1. The van der Waals surface area contributed by atoms with Crippen LogP contribution in [-0.4, -0.2) is 36.3 Å². The van der Waals surface area contributed by atoms with Gasteiger partial charge in [0.05, 0.1) is 4.90 Å². The van der Waals surface area contributed by atoms with E-state index in [1.165, 1.54) is 22.6 Å². The summed E-state index contributed by atoms with van der Waals surface area (Å²) >= 11 is 0. The molecule has 0 aliphatic rings. The van der Waals surface area contributed by atoms with E-state index in [2.05, 4.69) is 5.32 Å². The number of amides is 1. The summed E-state index contributed by atoms with van der Waals surface area (Å²) in [6, 6.07) is 9.87. The van der Waals surface area contributed by atoms with Gasteiger partial charge < -0.3 is 9.88 Å². The van der Waals surface area contributed by atoms with E-state index in [1.807, 2.05) is 25.1 Å². The first-order valence-electron chi connectivity index (χ1n) is 8.91. The van der Waals surface area contributed by atoms with Crippen molar-refractivity contribution < 1.29 is 13.2 Å². The number of aryl methyl sites for hydroxylation is 1. The van der Waals surface area contributed by atoms with Gasteiger partial charge in [0.1, 0.15) is 6.54 Å². The van der Waals surface area contributed by atoms with Crippen molar-refractivity contribution in [3.63, 3.8) is 0 Å². The van der Waals surface area contributed by atoms with Crippen LogP contribution in [0.3, 0.4) is 0 Å². The third kappa shape index (κ3) is 5.05. The second kappa shape index (κ2) is 8.96. The summed E-state index contributed by atoms with van der Waals surface area (Å²) in [6.07, 6.45) is 2.06. The van der Waals surface area contributed by atoms with E-state index in [1.54, 1.807) is 19.9 Å². The van der Waals surface area contributed by atoms with Crippen molar-refractivity contribution in [2.24, 2.45) is 0 Å². The zero-order valence-electron chi connectivity index (χ0n) is 15.8. The van der Waals surface area contributed by atoms with E-state index in [-0.39, 0.29) is 11.4 Å². The second-order valence-corrected chi connectivity index (χ2v) is 7.96. The molecule has 1 amide bonds. The van der Waals surface area contributed by atoms with E-state index >= 15 is 0 Å². The first-order valence-corrected chi connectivity index (χ1v) is 10.3. The molecule has 7 nitrogen and oxygen atoms in total. The van der Waals surface area contributed by atoms with Crippen LogP contribution in [0.1, 0.15) is 26.3 Å². The topological polar surface area (TPSA) is 88.5 Å². The number of aromatic nitrogens is 1. The average Bonchev–Trinajstić information content (AvgIpc) is 2.64. The van der Waals surface area contributed by atoms with E-state index in [0.717, 1.165) is 16.6 Å². The van der Waals surface area contributed by atoms with Crippen molar-refractivity contribution in [2.75, 3.05) is 18.4 Å². The van der Waals surface area contributed by atoms with Gasteiger partial charge in [0.15, 0.2) is 0 Å². The largest absolute Gasteiger partial charge is 0.325 e. The zero-order valence-corrected chi connectivity index (χ0v) is 16.6. The van der Waals surface area contributed by atoms with Gasteiger partial charge in [-0.1, -0.05) is 32.9 Å². The molecule has 0 aliphatic carbocycles. The molecule has 1 heterocycles. The molecule has 1 N–H and O–H groups in total. The highest BCUT2D eigenvalue weighted by molar-refractivity contribution is 7.89. The summed E-state index contributed by atoms with van der Waals surface area (Å²) in [4.78, 5) is 24.4. The van der Waals surface area contributed by atoms with Gasteiger partial charge >= 0.3 is 0 Å². The fourth-order valence-electron chi connectivity index (χ4n) is 2.72. The summed E-state index contributed by atoms with van der Waals surface area (Å²) in [5.41, 5.74) is 1.28. The van der Waals surface area contributed by atoms with Crippen LogP contribution in [0.4, 0.5) is 5.69 Å². The average molecular weight is 391 g/mol. The highest BCUT2D eigenvalue weighted by Crippen LogP contribution is 2.14. The Labute approximate surface area is 159 Å². The standard InChI is InChI=1S/C19H25N3O4S/c1-4-15-8-7-9-16(12-15)20-18(23)14-21-13-17(10-11-19(21)24)27(25,26)22(5-2)6-3/h7-13H,4-6,14H2,1-3H3,(H,20,23). The quantitative estimate of drug-likeness (QED) is 0.746. The lowest BCUT2D eigenvalue weighted by Gasteiger charge is -2.19. The zero-order chi connectivity index (χ0) is 20.0. The minimum atomic E-state index is -3.70. The van der Waals surface area contributed by atoms with Crippen molar-refractivity contribution in [1.82, 2.24) is 8.87 Å². The van der Waals surface area contributed by atoms with Gasteiger partial charge in [0.2, 0.25) is 15.9 Å². The number of hydrogen-bond donors (Lipinski definition) is 1. The minimum absolute atomic E-state index is 0.00780. The van der Waals surface area contributed by atoms with Crippen LogP contribution in [0.25, 0.3) is 0 Å². The molecule has 146 valence electrons. The van der Waals surface area contributed by atoms with Crippen molar-refractivity contribution in [1.29, 1.82) is 0 Å². The number of sulfonamides is 1. The first-order chi connectivity index (χ1) is 12.8. The van der Waals surface area contributed by atoms with Crippen molar-refractivity contribution in [2.45, 2.75) is 38.6 Å². The van der Waals surface area contributed by atoms with Crippen LogP contribution in [0, 0.1) is 0 Å².